The van der Waals surface area contributed by atoms with Gasteiger partial charge in [0, 0.05) is 29.2 Å². The number of carbonyl (C=O) groups excluding carboxylic acids is 2. The monoisotopic (exact) mass is 297 g/mol. The van der Waals surface area contributed by atoms with Crippen molar-refractivity contribution in [3.05, 3.63) is 41.7 Å². The summed E-state index contributed by atoms with van der Waals surface area (Å²) >= 11 is 0. The first-order chi connectivity index (χ1) is 10.7. The minimum atomic E-state index is -0.346. The molecule has 5 heteroatoms. The molecule has 0 radical (unpaired) electrons. The number of imide groups is 1. The summed E-state index contributed by atoms with van der Waals surface area (Å²) in [6.45, 7) is 2.82. The molecule has 0 saturated carbocycles. The van der Waals surface area contributed by atoms with Crippen molar-refractivity contribution in [2.45, 2.75) is 26.2 Å². The van der Waals surface area contributed by atoms with E-state index in [-0.39, 0.29) is 11.8 Å². The third-order valence-electron chi connectivity index (χ3n) is 3.87. The van der Waals surface area contributed by atoms with Crippen LogP contribution in [0.25, 0.3) is 16.5 Å². The number of aromatic nitrogens is 1. The van der Waals surface area contributed by atoms with Gasteiger partial charge in [-0.15, -0.1) is 0 Å². The standard InChI is InChI=1S/C17H19N3O2/c1-2-3-6-9-18-15-14(16(21)20-17(15)22)12-10-19-13-8-5-4-7-11(12)13/h4-5,7-8,10,19H,2-3,6,9H2,1H3,(H2,18,20,21,22). The van der Waals surface area contributed by atoms with Crippen LogP contribution in [0.1, 0.15) is 31.7 Å². The van der Waals surface area contributed by atoms with Crippen molar-refractivity contribution in [1.29, 1.82) is 0 Å². The van der Waals surface area contributed by atoms with Gasteiger partial charge < -0.3 is 10.3 Å². The minimum absolute atomic E-state index is 0.340. The highest BCUT2D eigenvalue weighted by Gasteiger charge is 2.32. The molecule has 0 unspecified atom stereocenters. The average Bonchev–Trinajstić information content (AvgIpc) is 3.05. The first-order valence-electron chi connectivity index (χ1n) is 7.62. The van der Waals surface area contributed by atoms with E-state index in [0.29, 0.717) is 17.8 Å². The average molecular weight is 297 g/mol. The maximum absolute atomic E-state index is 12.2. The Hall–Kier alpha value is -2.56. The zero-order valence-electron chi connectivity index (χ0n) is 12.5. The molecule has 2 heterocycles. The van der Waals surface area contributed by atoms with E-state index in [1.165, 1.54) is 0 Å². The second kappa shape index (κ2) is 6.05. The van der Waals surface area contributed by atoms with Crippen LogP contribution in [0.15, 0.2) is 36.2 Å². The third-order valence-corrected chi connectivity index (χ3v) is 3.87. The van der Waals surface area contributed by atoms with E-state index in [1.807, 2.05) is 24.3 Å². The van der Waals surface area contributed by atoms with Gasteiger partial charge in [0.2, 0.25) is 0 Å². The molecule has 0 spiro atoms. The topological polar surface area (TPSA) is 74.0 Å². The molecule has 0 atom stereocenters. The highest BCUT2D eigenvalue weighted by Crippen LogP contribution is 2.29. The van der Waals surface area contributed by atoms with Gasteiger partial charge in [-0.3, -0.25) is 14.9 Å². The molecule has 3 N–H and O–H groups in total. The highest BCUT2D eigenvalue weighted by atomic mass is 16.2. The number of hydrogen-bond acceptors (Lipinski definition) is 3. The Morgan fingerprint density at radius 3 is 2.73 bits per heavy atom. The maximum Gasteiger partial charge on any atom is 0.275 e. The fourth-order valence-electron chi connectivity index (χ4n) is 2.75. The van der Waals surface area contributed by atoms with E-state index in [0.717, 1.165) is 35.7 Å². The number of carbonyl (C=O) groups is 2. The van der Waals surface area contributed by atoms with Gasteiger partial charge >= 0.3 is 0 Å². The molecule has 0 aliphatic carbocycles. The molecule has 3 rings (SSSR count). The largest absolute Gasteiger partial charge is 0.380 e. The van der Waals surface area contributed by atoms with Crippen LogP contribution in [0.2, 0.25) is 0 Å². The number of H-pyrrole nitrogens is 1. The molecule has 1 aromatic carbocycles. The second-order valence-electron chi connectivity index (χ2n) is 5.42. The van der Waals surface area contributed by atoms with Crippen molar-refractivity contribution in [1.82, 2.24) is 15.6 Å². The molecule has 5 nitrogen and oxygen atoms in total. The number of unbranched alkanes of at least 4 members (excludes halogenated alkanes) is 2. The van der Waals surface area contributed by atoms with Gasteiger partial charge in [0.25, 0.3) is 11.8 Å². The van der Waals surface area contributed by atoms with Crippen molar-refractivity contribution in [2.75, 3.05) is 6.54 Å². The first kappa shape index (κ1) is 14.4. The lowest BCUT2D eigenvalue weighted by Gasteiger charge is -2.07. The van der Waals surface area contributed by atoms with Crippen molar-refractivity contribution < 1.29 is 9.59 Å². The zero-order valence-corrected chi connectivity index (χ0v) is 12.5. The molecular formula is C17H19N3O2. The fraction of sp³-hybridized carbons (Fsp3) is 0.294. The lowest BCUT2D eigenvalue weighted by atomic mass is 10.0. The first-order valence-corrected chi connectivity index (χ1v) is 7.62. The van der Waals surface area contributed by atoms with Crippen LogP contribution < -0.4 is 10.6 Å². The summed E-state index contributed by atoms with van der Waals surface area (Å²) < 4.78 is 0. The van der Waals surface area contributed by atoms with Crippen molar-refractivity contribution >= 4 is 28.3 Å². The van der Waals surface area contributed by atoms with Crippen LogP contribution in [-0.2, 0) is 9.59 Å². The lowest BCUT2D eigenvalue weighted by molar-refractivity contribution is -0.123. The van der Waals surface area contributed by atoms with Crippen molar-refractivity contribution in [3.63, 3.8) is 0 Å². The van der Waals surface area contributed by atoms with Crippen LogP contribution in [0.4, 0.5) is 0 Å². The number of fused-ring (bicyclic) bond motifs is 1. The third kappa shape index (κ3) is 2.50. The van der Waals surface area contributed by atoms with E-state index >= 15 is 0 Å². The number of aromatic amines is 1. The van der Waals surface area contributed by atoms with Gasteiger partial charge in [-0.1, -0.05) is 38.0 Å². The maximum atomic E-state index is 12.2. The molecule has 2 aromatic rings. The molecule has 0 bridgehead atoms. The number of hydrogen-bond donors (Lipinski definition) is 3. The summed E-state index contributed by atoms with van der Waals surface area (Å²) in [6, 6.07) is 7.74. The molecule has 1 aliphatic rings. The molecule has 22 heavy (non-hydrogen) atoms. The lowest BCUT2D eigenvalue weighted by Crippen LogP contribution is -2.27. The van der Waals surface area contributed by atoms with Crippen LogP contribution in [0.5, 0.6) is 0 Å². The van der Waals surface area contributed by atoms with E-state index < -0.39 is 0 Å². The second-order valence-corrected chi connectivity index (χ2v) is 5.42. The Balaban J connectivity index is 1.98. The van der Waals surface area contributed by atoms with Gasteiger partial charge in [0.05, 0.1) is 5.57 Å². The molecule has 0 saturated heterocycles. The quantitative estimate of drug-likeness (QED) is 0.566. The number of nitrogens with one attached hydrogen (secondary N) is 3. The van der Waals surface area contributed by atoms with Crippen LogP contribution in [0.3, 0.4) is 0 Å². The van der Waals surface area contributed by atoms with Gasteiger partial charge in [0.1, 0.15) is 5.70 Å². The van der Waals surface area contributed by atoms with E-state index in [2.05, 4.69) is 22.5 Å². The number of rotatable bonds is 6. The van der Waals surface area contributed by atoms with Gasteiger partial charge in [-0.25, -0.2) is 0 Å². The number of benzene rings is 1. The Morgan fingerprint density at radius 2 is 1.91 bits per heavy atom. The van der Waals surface area contributed by atoms with E-state index in [4.69, 9.17) is 0 Å². The Kier molecular flexibility index (Phi) is 3.96. The van der Waals surface area contributed by atoms with Gasteiger partial charge in [-0.05, 0) is 12.5 Å². The van der Waals surface area contributed by atoms with Gasteiger partial charge in [0.15, 0.2) is 0 Å². The summed E-state index contributed by atoms with van der Waals surface area (Å²) in [5.74, 6) is -0.686. The normalized spacial score (nSPS) is 14.8. The van der Waals surface area contributed by atoms with E-state index in [9.17, 15) is 9.59 Å². The molecule has 0 fully saturated rings. The fourth-order valence-corrected chi connectivity index (χ4v) is 2.75. The SMILES string of the molecule is CCCCCNC1=C(c2c[nH]c3ccccc23)C(=O)NC1=O. The number of amides is 2. The predicted octanol–water partition coefficient (Wildman–Crippen LogP) is 2.32. The molecule has 1 aromatic heterocycles. The van der Waals surface area contributed by atoms with E-state index in [1.54, 1.807) is 6.20 Å². The summed E-state index contributed by atoms with van der Waals surface area (Å²) in [6.07, 6.45) is 4.97. The van der Waals surface area contributed by atoms with Crippen LogP contribution in [-0.4, -0.2) is 23.3 Å². The van der Waals surface area contributed by atoms with Crippen LogP contribution >= 0.6 is 0 Å². The molecule has 2 amide bonds. The number of para-hydroxylation sites is 1. The summed E-state index contributed by atoms with van der Waals surface area (Å²) in [4.78, 5) is 27.4. The Morgan fingerprint density at radius 1 is 1.09 bits per heavy atom. The summed E-state index contributed by atoms with van der Waals surface area (Å²) in [5.41, 5.74) is 2.52. The van der Waals surface area contributed by atoms with Gasteiger partial charge in [-0.2, -0.15) is 0 Å². The van der Waals surface area contributed by atoms with Crippen molar-refractivity contribution in [2.24, 2.45) is 0 Å². The summed E-state index contributed by atoms with van der Waals surface area (Å²) in [7, 11) is 0. The zero-order chi connectivity index (χ0) is 15.5. The smallest absolute Gasteiger partial charge is 0.275 e. The Bertz CT molecular complexity index is 758. The minimum Gasteiger partial charge on any atom is -0.380 e. The Labute approximate surface area is 128 Å². The molecular weight excluding hydrogens is 278 g/mol. The predicted molar refractivity (Wildman–Crippen MR) is 85.9 cm³/mol. The highest BCUT2D eigenvalue weighted by molar-refractivity contribution is 6.37. The summed E-state index contributed by atoms with van der Waals surface area (Å²) in [5, 5.41) is 6.46. The van der Waals surface area contributed by atoms with Crippen molar-refractivity contribution in [3.8, 4) is 0 Å². The molecule has 114 valence electrons. The molecule has 1 aliphatic heterocycles. The van der Waals surface area contributed by atoms with Crippen LogP contribution in [0, 0.1) is 0 Å².